The summed E-state index contributed by atoms with van der Waals surface area (Å²) in [5, 5.41) is 8.06. The minimum atomic E-state index is -0.640. The second-order valence-corrected chi connectivity index (χ2v) is 8.49. The Balaban J connectivity index is 1.16. The van der Waals surface area contributed by atoms with Crippen LogP contribution in [0.1, 0.15) is 5.56 Å². The van der Waals surface area contributed by atoms with E-state index in [0.717, 1.165) is 44.4 Å². The number of carbonyl (C=O) groups is 1. The number of nitrogens with zero attached hydrogens (tertiary/aromatic N) is 3. The maximum absolute atomic E-state index is 12.2. The van der Waals surface area contributed by atoms with Gasteiger partial charge in [0.25, 0.3) is 0 Å². The Morgan fingerprint density at radius 2 is 1.68 bits per heavy atom. The minimum absolute atomic E-state index is 0.191. The number of benzene rings is 3. The molecule has 0 aliphatic heterocycles. The van der Waals surface area contributed by atoms with Crippen LogP contribution in [0.4, 0.5) is 22.0 Å². The number of carbonyl (C=O) groups excluding carboxylic acids is 1. The summed E-state index contributed by atoms with van der Waals surface area (Å²) in [5.41, 5.74) is 11.0. The molecule has 3 aromatic heterocycles. The second-order valence-electron chi connectivity index (χ2n) is 8.49. The van der Waals surface area contributed by atoms with Gasteiger partial charge in [0.15, 0.2) is 0 Å². The quantitative estimate of drug-likeness (QED) is 0.244. The van der Waals surface area contributed by atoms with Crippen molar-refractivity contribution in [3.05, 3.63) is 103 Å². The van der Waals surface area contributed by atoms with E-state index < -0.39 is 6.09 Å². The summed E-state index contributed by atoms with van der Waals surface area (Å²) >= 11 is 0. The van der Waals surface area contributed by atoms with Crippen molar-refractivity contribution >= 4 is 45.2 Å². The zero-order valence-corrected chi connectivity index (χ0v) is 20.1. The minimum Gasteiger partial charge on any atom is -0.455 e. The van der Waals surface area contributed by atoms with Gasteiger partial charge in [-0.05, 0) is 42.0 Å². The van der Waals surface area contributed by atoms with Gasteiger partial charge in [-0.3, -0.25) is 5.32 Å². The fourth-order valence-electron chi connectivity index (χ4n) is 4.14. The summed E-state index contributed by atoms with van der Waals surface area (Å²) in [4.78, 5) is 25.1. The van der Waals surface area contributed by atoms with Gasteiger partial charge in [0.1, 0.15) is 23.3 Å². The maximum atomic E-state index is 12.2. The topological polar surface area (TPSA) is 128 Å². The highest BCUT2D eigenvalue weighted by Crippen LogP contribution is 2.35. The summed E-state index contributed by atoms with van der Waals surface area (Å²) in [6, 6.07) is 26.4. The number of anilines is 3. The number of aromatic nitrogens is 3. The lowest BCUT2D eigenvalue weighted by Gasteiger charge is -2.09. The molecular formula is C29H22N6O3. The van der Waals surface area contributed by atoms with Crippen LogP contribution in [0.15, 0.2) is 102 Å². The van der Waals surface area contributed by atoms with Gasteiger partial charge < -0.3 is 20.2 Å². The van der Waals surface area contributed by atoms with E-state index in [1.807, 2.05) is 60.7 Å². The Labute approximate surface area is 217 Å². The molecule has 9 nitrogen and oxygen atoms in total. The molecule has 0 saturated heterocycles. The van der Waals surface area contributed by atoms with Crippen molar-refractivity contribution < 1.29 is 13.9 Å². The summed E-state index contributed by atoms with van der Waals surface area (Å²) in [6.07, 6.45) is 2.44. The normalized spacial score (nSPS) is 11.0. The molecule has 38 heavy (non-hydrogen) atoms. The van der Waals surface area contributed by atoms with Crippen LogP contribution < -0.4 is 21.1 Å². The molecule has 0 saturated carbocycles. The highest BCUT2D eigenvalue weighted by Gasteiger charge is 2.13. The molecule has 0 spiro atoms. The van der Waals surface area contributed by atoms with Gasteiger partial charge in [-0.1, -0.05) is 36.4 Å². The fourth-order valence-corrected chi connectivity index (χ4v) is 4.14. The van der Waals surface area contributed by atoms with Crippen molar-refractivity contribution in [2.45, 2.75) is 6.54 Å². The number of para-hydroxylation sites is 2. The average Bonchev–Trinajstić information content (AvgIpc) is 3.34. The smallest absolute Gasteiger partial charge is 0.418 e. The Kier molecular flexibility index (Phi) is 6.09. The number of hydrogen-bond acceptors (Lipinski definition) is 8. The van der Waals surface area contributed by atoms with Crippen molar-refractivity contribution in [2.75, 3.05) is 10.6 Å². The molecule has 6 rings (SSSR count). The third kappa shape index (κ3) is 4.73. The molecule has 3 heterocycles. The van der Waals surface area contributed by atoms with Crippen LogP contribution >= 0.6 is 0 Å². The summed E-state index contributed by atoms with van der Waals surface area (Å²) < 4.78 is 11.4. The Bertz CT molecular complexity index is 1750. The van der Waals surface area contributed by atoms with Crippen LogP contribution in [0.5, 0.6) is 5.88 Å². The number of fused-ring (bicyclic) bond motifs is 3. The number of ether oxygens (including phenoxy) is 1. The van der Waals surface area contributed by atoms with E-state index in [-0.39, 0.29) is 5.88 Å². The lowest BCUT2D eigenvalue weighted by molar-refractivity contribution is 0.213. The van der Waals surface area contributed by atoms with Gasteiger partial charge in [-0.25, -0.2) is 19.7 Å². The van der Waals surface area contributed by atoms with Gasteiger partial charge in [-0.2, -0.15) is 0 Å². The van der Waals surface area contributed by atoms with Crippen LogP contribution in [0, 0.1) is 0 Å². The predicted octanol–water partition coefficient (Wildman–Crippen LogP) is 6.25. The zero-order valence-electron chi connectivity index (χ0n) is 20.1. The SMILES string of the molecule is NCc1ccc(OC(=O)Nc2ccc(Nc3cc(-c4cccc5c4oc4ccccc45)ncn3)cc2)nc1. The van der Waals surface area contributed by atoms with Gasteiger partial charge >= 0.3 is 6.09 Å². The first-order valence-electron chi connectivity index (χ1n) is 11.9. The van der Waals surface area contributed by atoms with Crippen LogP contribution in [0.2, 0.25) is 0 Å². The number of furan rings is 1. The van der Waals surface area contributed by atoms with E-state index in [1.165, 1.54) is 6.33 Å². The molecular weight excluding hydrogens is 480 g/mol. The number of nitrogens with one attached hydrogen (secondary N) is 2. The van der Waals surface area contributed by atoms with Crippen molar-refractivity contribution in [2.24, 2.45) is 5.73 Å². The molecule has 3 aromatic carbocycles. The first-order chi connectivity index (χ1) is 18.7. The third-order valence-corrected chi connectivity index (χ3v) is 5.98. The molecule has 186 valence electrons. The number of amides is 1. The van der Waals surface area contributed by atoms with E-state index in [0.29, 0.717) is 18.1 Å². The van der Waals surface area contributed by atoms with Gasteiger partial charge in [0.05, 0.1) is 5.69 Å². The monoisotopic (exact) mass is 502 g/mol. The van der Waals surface area contributed by atoms with E-state index in [1.54, 1.807) is 30.5 Å². The Hall–Kier alpha value is -5.28. The highest BCUT2D eigenvalue weighted by atomic mass is 16.6. The standard InChI is InChI=1S/C29H22N6O3/c30-15-18-8-13-27(31-16-18)38-29(36)35-20-11-9-19(10-12-20)34-26-14-24(32-17-33-26)23-6-3-5-22-21-4-1-2-7-25(21)37-28(22)23/h1-14,16-17H,15,30H2,(H,35,36)(H,32,33,34). The van der Waals surface area contributed by atoms with Crippen molar-refractivity contribution in [1.29, 1.82) is 0 Å². The summed E-state index contributed by atoms with van der Waals surface area (Å²) in [7, 11) is 0. The number of pyridine rings is 1. The molecule has 0 bridgehead atoms. The number of nitrogens with two attached hydrogens (primary N) is 1. The molecule has 0 aliphatic carbocycles. The first kappa shape index (κ1) is 23.1. The van der Waals surface area contributed by atoms with Crippen LogP contribution in [-0.4, -0.2) is 21.0 Å². The molecule has 0 radical (unpaired) electrons. The molecule has 0 fully saturated rings. The van der Waals surface area contributed by atoms with E-state index in [2.05, 4.69) is 25.6 Å². The molecule has 4 N–H and O–H groups in total. The Morgan fingerprint density at radius 3 is 2.50 bits per heavy atom. The largest absolute Gasteiger partial charge is 0.455 e. The lowest BCUT2D eigenvalue weighted by atomic mass is 10.1. The van der Waals surface area contributed by atoms with Crippen LogP contribution in [0.25, 0.3) is 33.2 Å². The molecule has 1 amide bonds. The van der Waals surface area contributed by atoms with Crippen molar-refractivity contribution in [3.63, 3.8) is 0 Å². The van der Waals surface area contributed by atoms with E-state index in [4.69, 9.17) is 14.9 Å². The average molecular weight is 503 g/mol. The van der Waals surface area contributed by atoms with Crippen molar-refractivity contribution in [3.8, 4) is 17.1 Å². The van der Waals surface area contributed by atoms with Gasteiger partial charge in [0, 0.05) is 52.6 Å². The third-order valence-electron chi connectivity index (χ3n) is 5.98. The van der Waals surface area contributed by atoms with E-state index in [9.17, 15) is 4.79 Å². The first-order valence-corrected chi connectivity index (χ1v) is 11.9. The molecule has 6 aromatic rings. The van der Waals surface area contributed by atoms with Gasteiger partial charge in [0.2, 0.25) is 5.88 Å². The summed E-state index contributed by atoms with van der Waals surface area (Å²) in [5.74, 6) is 0.811. The van der Waals surface area contributed by atoms with Crippen LogP contribution in [0.3, 0.4) is 0 Å². The van der Waals surface area contributed by atoms with Gasteiger partial charge in [-0.15, -0.1) is 0 Å². The Morgan fingerprint density at radius 1 is 0.868 bits per heavy atom. The predicted molar refractivity (Wildman–Crippen MR) is 146 cm³/mol. The second kappa shape index (κ2) is 10.00. The molecule has 0 unspecified atom stereocenters. The number of rotatable bonds is 6. The molecule has 0 aliphatic rings. The summed E-state index contributed by atoms with van der Waals surface area (Å²) in [6.45, 7) is 0.369. The molecule has 0 atom stereocenters. The molecule has 9 heteroatoms. The lowest BCUT2D eigenvalue weighted by Crippen LogP contribution is -2.17. The zero-order chi connectivity index (χ0) is 25.9. The van der Waals surface area contributed by atoms with Crippen molar-refractivity contribution in [1.82, 2.24) is 15.0 Å². The van der Waals surface area contributed by atoms with Crippen LogP contribution in [-0.2, 0) is 6.54 Å². The highest BCUT2D eigenvalue weighted by molar-refractivity contribution is 6.09. The fraction of sp³-hybridized carbons (Fsp3) is 0.0345. The maximum Gasteiger partial charge on any atom is 0.418 e. The number of hydrogen-bond donors (Lipinski definition) is 3. The van der Waals surface area contributed by atoms with E-state index >= 15 is 0 Å².